The van der Waals surface area contributed by atoms with Crippen LogP contribution in [0.2, 0.25) is 0 Å². The normalized spacial score (nSPS) is 15.4. The molecule has 0 radical (unpaired) electrons. The van der Waals surface area contributed by atoms with E-state index in [1.807, 2.05) is 30.3 Å². The Bertz CT molecular complexity index is 1170. The van der Waals surface area contributed by atoms with E-state index in [9.17, 15) is 0 Å². The van der Waals surface area contributed by atoms with Gasteiger partial charge in [-0.15, -0.1) is 11.3 Å². The largest absolute Gasteiger partial charge is 0.487 e. The molecule has 0 unspecified atom stereocenters. The van der Waals surface area contributed by atoms with Gasteiger partial charge in [0.05, 0.1) is 15.5 Å². The Hall–Kier alpha value is -2.20. The van der Waals surface area contributed by atoms with Crippen LogP contribution in [0.5, 0.6) is 5.75 Å². The molecule has 0 atom stereocenters. The van der Waals surface area contributed by atoms with Gasteiger partial charge in [-0.3, -0.25) is 0 Å². The second kappa shape index (κ2) is 6.45. The number of aryl methyl sites for hydroxylation is 1. The molecule has 1 aliphatic carbocycles. The smallest absolute Gasteiger partial charge is 0.182 e. The summed E-state index contributed by atoms with van der Waals surface area (Å²) < 4.78 is 37.2. The lowest BCUT2D eigenvalue weighted by Gasteiger charge is -2.13. The van der Waals surface area contributed by atoms with Gasteiger partial charge in [0.1, 0.15) is 5.82 Å². The van der Waals surface area contributed by atoms with Crippen molar-refractivity contribution in [2.75, 3.05) is 0 Å². The molecule has 0 amide bonds. The van der Waals surface area contributed by atoms with Crippen LogP contribution in [0.3, 0.4) is 0 Å². The lowest BCUT2D eigenvalue weighted by atomic mass is 10.0. The van der Waals surface area contributed by atoms with E-state index in [2.05, 4.69) is 6.92 Å². The zero-order chi connectivity index (χ0) is 18.5. The second-order valence-electron chi connectivity index (χ2n) is 7.36. The van der Waals surface area contributed by atoms with Gasteiger partial charge in [-0.2, -0.15) is 0 Å². The molecular weight excluding hydrogens is 362 g/mol. The zero-order valence-corrected chi connectivity index (χ0v) is 16.0. The van der Waals surface area contributed by atoms with E-state index >= 15 is 8.78 Å². The van der Waals surface area contributed by atoms with Crippen LogP contribution in [-0.4, -0.2) is 6.10 Å². The van der Waals surface area contributed by atoms with Gasteiger partial charge in [0.2, 0.25) is 0 Å². The molecule has 138 valence electrons. The highest BCUT2D eigenvalue weighted by atomic mass is 32.1. The van der Waals surface area contributed by atoms with E-state index in [1.54, 1.807) is 6.07 Å². The predicted molar refractivity (Wildman–Crippen MR) is 109 cm³/mol. The molecule has 0 saturated heterocycles. The molecule has 1 heterocycles. The highest BCUT2D eigenvalue weighted by Gasteiger charge is 2.21. The van der Waals surface area contributed by atoms with E-state index < -0.39 is 0 Å². The van der Waals surface area contributed by atoms with Crippen molar-refractivity contribution in [3.63, 3.8) is 0 Å². The maximum absolute atomic E-state index is 15.2. The summed E-state index contributed by atoms with van der Waals surface area (Å²) in [5, 5.41) is 2.99. The van der Waals surface area contributed by atoms with Crippen molar-refractivity contribution < 1.29 is 13.5 Å². The minimum Gasteiger partial charge on any atom is -0.487 e. The van der Waals surface area contributed by atoms with Crippen LogP contribution in [0.1, 0.15) is 38.2 Å². The Morgan fingerprint density at radius 1 is 0.926 bits per heavy atom. The molecule has 1 nitrogen and oxygen atoms in total. The first-order chi connectivity index (χ1) is 13.2. The average molecular weight is 382 g/mol. The van der Waals surface area contributed by atoms with Gasteiger partial charge in [0.15, 0.2) is 11.6 Å². The maximum Gasteiger partial charge on any atom is 0.182 e. The van der Waals surface area contributed by atoms with Crippen LogP contribution >= 0.6 is 11.3 Å². The van der Waals surface area contributed by atoms with Crippen molar-refractivity contribution in [3.8, 4) is 5.75 Å². The van der Waals surface area contributed by atoms with Gasteiger partial charge in [-0.1, -0.05) is 19.1 Å². The summed E-state index contributed by atoms with van der Waals surface area (Å²) in [6, 6.07) is 11.4. The summed E-state index contributed by atoms with van der Waals surface area (Å²) in [5.74, 6) is -0.325. The first-order valence-electron chi connectivity index (χ1n) is 9.58. The van der Waals surface area contributed by atoms with E-state index in [4.69, 9.17) is 4.74 Å². The van der Waals surface area contributed by atoms with E-state index in [0.29, 0.717) is 20.5 Å². The fourth-order valence-corrected chi connectivity index (χ4v) is 5.29. The highest BCUT2D eigenvalue weighted by Crippen LogP contribution is 2.42. The third-order valence-corrected chi connectivity index (χ3v) is 6.86. The number of halogens is 2. The van der Waals surface area contributed by atoms with Crippen LogP contribution in [0.15, 0.2) is 36.4 Å². The average Bonchev–Trinajstić information content (AvgIpc) is 3.32. The lowest BCUT2D eigenvalue weighted by molar-refractivity contribution is 0.201. The zero-order valence-electron chi connectivity index (χ0n) is 15.1. The minimum atomic E-state index is -0.363. The number of rotatable bonds is 3. The molecule has 1 fully saturated rings. The molecule has 27 heavy (non-hydrogen) atoms. The van der Waals surface area contributed by atoms with Crippen molar-refractivity contribution in [2.24, 2.45) is 0 Å². The van der Waals surface area contributed by atoms with Crippen molar-refractivity contribution in [3.05, 3.63) is 53.6 Å². The quantitative estimate of drug-likeness (QED) is 0.359. The Kier molecular flexibility index (Phi) is 4.05. The summed E-state index contributed by atoms with van der Waals surface area (Å²) in [7, 11) is 0. The third-order valence-electron chi connectivity index (χ3n) is 5.66. The summed E-state index contributed by atoms with van der Waals surface area (Å²) in [4.78, 5) is 0. The van der Waals surface area contributed by atoms with E-state index in [1.165, 1.54) is 11.3 Å². The van der Waals surface area contributed by atoms with Crippen LogP contribution in [0.4, 0.5) is 8.78 Å². The molecule has 0 bridgehead atoms. The summed E-state index contributed by atoms with van der Waals surface area (Å²) >= 11 is 1.19. The molecule has 1 saturated carbocycles. The van der Waals surface area contributed by atoms with Crippen LogP contribution in [-0.2, 0) is 6.42 Å². The second-order valence-corrected chi connectivity index (χ2v) is 8.38. The Morgan fingerprint density at radius 3 is 2.48 bits per heavy atom. The van der Waals surface area contributed by atoms with Gasteiger partial charge >= 0.3 is 0 Å². The standard InChI is InChI=1S/C23H20F2OS/c1-2-13-7-8-14-12-18-16-9-10-19(26-15-5-3-4-6-15)21(25)22(16)27-23(18)20(24)17(14)11-13/h7-12,15H,2-6H2,1H3. The fourth-order valence-electron chi connectivity index (χ4n) is 4.13. The van der Waals surface area contributed by atoms with Gasteiger partial charge in [0.25, 0.3) is 0 Å². The molecular formula is C23H20F2OS. The van der Waals surface area contributed by atoms with Gasteiger partial charge < -0.3 is 4.74 Å². The SMILES string of the molecule is CCc1ccc2cc3c(sc4c(F)c(OC5CCCC5)ccc43)c(F)c2c1. The third kappa shape index (κ3) is 2.69. The van der Waals surface area contributed by atoms with Gasteiger partial charge in [-0.05, 0) is 67.3 Å². The van der Waals surface area contributed by atoms with Gasteiger partial charge in [0, 0.05) is 16.2 Å². The Labute approximate surface area is 160 Å². The molecule has 3 aromatic carbocycles. The fraction of sp³-hybridized carbons (Fsp3) is 0.304. The topological polar surface area (TPSA) is 9.23 Å². The first kappa shape index (κ1) is 16.9. The molecule has 4 aromatic rings. The number of hydrogen-bond acceptors (Lipinski definition) is 2. The molecule has 1 aliphatic rings. The van der Waals surface area contributed by atoms with E-state index in [0.717, 1.165) is 53.8 Å². The number of thiophene rings is 1. The number of ether oxygens (including phenoxy) is 1. The Balaban J connectivity index is 1.71. The van der Waals surface area contributed by atoms with Gasteiger partial charge in [-0.25, -0.2) is 8.78 Å². The molecule has 1 aromatic heterocycles. The van der Waals surface area contributed by atoms with Crippen molar-refractivity contribution in [1.29, 1.82) is 0 Å². The highest BCUT2D eigenvalue weighted by molar-refractivity contribution is 7.26. The van der Waals surface area contributed by atoms with Crippen molar-refractivity contribution >= 4 is 42.3 Å². The summed E-state index contributed by atoms with van der Waals surface area (Å²) in [6.07, 6.45) is 5.17. The number of benzene rings is 3. The summed E-state index contributed by atoms with van der Waals surface area (Å²) in [6.45, 7) is 2.05. The summed E-state index contributed by atoms with van der Waals surface area (Å²) in [5.41, 5.74) is 1.10. The lowest BCUT2D eigenvalue weighted by Crippen LogP contribution is -2.11. The maximum atomic E-state index is 15.2. The molecule has 4 heteroatoms. The van der Waals surface area contributed by atoms with Crippen molar-refractivity contribution in [1.82, 2.24) is 0 Å². The molecule has 0 N–H and O–H groups in total. The molecule has 5 rings (SSSR count). The minimum absolute atomic E-state index is 0.0955. The number of hydrogen-bond donors (Lipinski definition) is 0. The van der Waals surface area contributed by atoms with Crippen molar-refractivity contribution in [2.45, 2.75) is 45.1 Å². The number of fused-ring (bicyclic) bond motifs is 4. The van der Waals surface area contributed by atoms with Crippen LogP contribution < -0.4 is 4.74 Å². The molecule has 0 spiro atoms. The molecule has 0 aliphatic heterocycles. The predicted octanol–water partition coefficient (Wildman–Crippen LogP) is 7.37. The Morgan fingerprint density at radius 2 is 1.70 bits per heavy atom. The van der Waals surface area contributed by atoms with E-state index in [-0.39, 0.29) is 17.7 Å². The van der Waals surface area contributed by atoms with Crippen LogP contribution in [0.25, 0.3) is 30.9 Å². The monoisotopic (exact) mass is 382 g/mol. The van der Waals surface area contributed by atoms with Crippen LogP contribution in [0, 0.1) is 11.6 Å². The first-order valence-corrected chi connectivity index (χ1v) is 10.4.